The molecule has 27 heavy (non-hydrogen) atoms. The Balaban J connectivity index is 1.77. The topological polar surface area (TPSA) is 98.8 Å². The number of nitrogen functional groups attached to an aromatic ring is 1. The van der Waals surface area contributed by atoms with Crippen molar-refractivity contribution in [2.45, 2.75) is 0 Å². The highest BCUT2D eigenvalue weighted by Crippen LogP contribution is 2.33. The highest BCUT2D eigenvalue weighted by Gasteiger charge is 2.14. The van der Waals surface area contributed by atoms with Gasteiger partial charge in [-0.3, -0.25) is 5.43 Å². The lowest BCUT2D eigenvalue weighted by Crippen LogP contribution is -2.09. The first-order valence-corrected chi connectivity index (χ1v) is 9.39. The molecule has 0 radical (unpaired) electrons. The molecule has 7 nitrogen and oxygen atoms in total. The number of ether oxygens (including phenoxy) is 2. The molecule has 0 aliphatic carbocycles. The van der Waals surface area contributed by atoms with Crippen LogP contribution in [0.1, 0.15) is 15.9 Å². The molecule has 2 aromatic carbocycles. The van der Waals surface area contributed by atoms with Gasteiger partial charge in [0.1, 0.15) is 5.82 Å². The first kappa shape index (κ1) is 18.9. The molecule has 0 amide bonds. The second-order valence-electron chi connectivity index (χ2n) is 5.23. The molecule has 0 saturated carbocycles. The largest absolute Gasteiger partial charge is 0.493 e. The van der Waals surface area contributed by atoms with Crippen LogP contribution in [0.25, 0.3) is 0 Å². The third kappa shape index (κ3) is 4.83. The summed E-state index contributed by atoms with van der Waals surface area (Å²) in [6, 6.07) is 12.1. The Morgan fingerprint density at radius 3 is 2.74 bits per heavy atom. The van der Waals surface area contributed by atoms with Crippen molar-refractivity contribution in [3.63, 3.8) is 0 Å². The number of hydrazone groups is 1. The average molecular weight is 447 g/mol. The van der Waals surface area contributed by atoms with Crippen molar-refractivity contribution < 1.29 is 14.3 Å². The Kier molecular flexibility index (Phi) is 6.05. The lowest BCUT2D eigenvalue weighted by Gasteiger charge is -2.11. The number of carbonyl (C=O) groups is 1. The number of hydrogen-bond donors (Lipinski definition) is 2. The van der Waals surface area contributed by atoms with Crippen LogP contribution in [0.15, 0.2) is 57.4 Å². The van der Waals surface area contributed by atoms with Crippen LogP contribution in [-0.2, 0) is 0 Å². The number of benzene rings is 2. The van der Waals surface area contributed by atoms with Crippen LogP contribution < -0.4 is 20.6 Å². The minimum Gasteiger partial charge on any atom is -0.493 e. The lowest BCUT2D eigenvalue weighted by molar-refractivity contribution is 0.0729. The van der Waals surface area contributed by atoms with E-state index in [1.807, 2.05) is 6.07 Å². The fourth-order valence-electron chi connectivity index (χ4n) is 2.12. The maximum absolute atomic E-state index is 12.3. The Hall–Kier alpha value is -2.91. The van der Waals surface area contributed by atoms with Crippen LogP contribution in [0.4, 0.5) is 10.9 Å². The molecule has 0 bridgehead atoms. The van der Waals surface area contributed by atoms with Gasteiger partial charge >= 0.3 is 5.97 Å². The number of nitrogens with two attached hydrogens (primary N) is 1. The summed E-state index contributed by atoms with van der Waals surface area (Å²) in [5.41, 5.74) is 9.54. The molecular weight excluding hydrogens is 432 g/mol. The second-order valence-corrected chi connectivity index (χ2v) is 6.94. The Morgan fingerprint density at radius 2 is 2.07 bits per heavy atom. The zero-order valence-corrected chi connectivity index (χ0v) is 16.6. The SMILES string of the molecule is COc1cc(C=NNc2nc(N)cs2)c(Br)cc1OC(=O)c1ccccc1. The molecule has 0 fully saturated rings. The molecular formula is C18H15BrN4O3S. The third-order valence-electron chi connectivity index (χ3n) is 3.38. The van der Waals surface area contributed by atoms with E-state index in [2.05, 4.69) is 31.4 Å². The molecule has 3 aromatic rings. The summed E-state index contributed by atoms with van der Waals surface area (Å²) < 4.78 is 11.5. The number of anilines is 2. The summed E-state index contributed by atoms with van der Waals surface area (Å²) in [6.45, 7) is 0. The summed E-state index contributed by atoms with van der Waals surface area (Å²) in [7, 11) is 1.50. The maximum atomic E-state index is 12.3. The summed E-state index contributed by atoms with van der Waals surface area (Å²) in [5, 5.41) is 6.42. The number of hydrogen-bond acceptors (Lipinski definition) is 8. The van der Waals surface area contributed by atoms with Crippen LogP contribution >= 0.6 is 27.3 Å². The zero-order chi connectivity index (χ0) is 19.2. The predicted molar refractivity (Wildman–Crippen MR) is 110 cm³/mol. The van der Waals surface area contributed by atoms with E-state index in [1.54, 1.807) is 48.0 Å². The van der Waals surface area contributed by atoms with E-state index in [4.69, 9.17) is 15.2 Å². The van der Waals surface area contributed by atoms with Crippen LogP contribution in [0.2, 0.25) is 0 Å². The number of aromatic nitrogens is 1. The highest BCUT2D eigenvalue weighted by molar-refractivity contribution is 9.10. The third-order valence-corrected chi connectivity index (χ3v) is 4.83. The molecule has 0 saturated heterocycles. The number of nitrogens with zero attached hydrogens (tertiary/aromatic N) is 2. The van der Waals surface area contributed by atoms with Crippen molar-refractivity contribution in [1.29, 1.82) is 0 Å². The fraction of sp³-hybridized carbons (Fsp3) is 0.0556. The van der Waals surface area contributed by atoms with Gasteiger partial charge in [0.2, 0.25) is 5.13 Å². The molecule has 0 aliphatic rings. The Morgan fingerprint density at radius 1 is 1.30 bits per heavy atom. The standard InChI is InChI=1S/C18H15BrN4O3S/c1-25-14-7-12(9-21-23-18-22-16(20)10-27-18)13(19)8-15(14)26-17(24)11-5-3-2-4-6-11/h2-10H,20H2,1H3,(H,22,23). The van der Waals surface area contributed by atoms with E-state index in [0.29, 0.717) is 32.5 Å². The molecule has 9 heteroatoms. The molecule has 3 rings (SSSR count). The van der Waals surface area contributed by atoms with Gasteiger partial charge in [-0.25, -0.2) is 9.78 Å². The van der Waals surface area contributed by atoms with Gasteiger partial charge < -0.3 is 15.2 Å². The van der Waals surface area contributed by atoms with E-state index in [1.165, 1.54) is 18.4 Å². The number of carbonyl (C=O) groups excluding carboxylic acids is 1. The van der Waals surface area contributed by atoms with Crippen molar-refractivity contribution in [1.82, 2.24) is 4.98 Å². The molecule has 0 spiro atoms. The predicted octanol–water partition coefficient (Wildman–Crippen LogP) is 4.16. The van der Waals surface area contributed by atoms with Crippen LogP contribution in [0.5, 0.6) is 11.5 Å². The first-order valence-electron chi connectivity index (χ1n) is 7.71. The van der Waals surface area contributed by atoms with Crippen molar-refractivity contribution in [2.75, 3.05) is 18.3 Å². The summed E-state index contributed by atoms with van der Waals surface area (Å²) in [6.07, 6.45) is 1.59. The molecule has 138 valence electrons. The zero-order valence-electron chi connectivity index (χ0n) is 14.2. The van der Waals surface area contributed by atoms with Crippen molar-refractivity contribution in [2.24, 2.45) is 5.10 Å². The van der Waals surface area contributed by atoms with Gasteiger partial charge in [-0.05, 0) is 40.2 Å². The van der Waals surface area contributed by atoms with E-state index in [-0.39, 0.29) is 0 Å². The maximum Gasteiger partial charge on any atom is 0.343 e. The van der Waals surface area contributed by atoms with E-state index >= 15 is 0 Å². The van der Waals surface area contributed by atoms with Crippen LogP contribution in [-0.4, -0.2) is 24.3 Å². The molecule has 1 aromatic heterocycles. The number of esters is 1. The number of nitrogens with one attached hydrogen (secondary N) is 1. The van der Waals surface area contributed by atoms with E-state index < -0.39 is 5.97 Å². The molecule has 0 unspecified atom stereocenters. The molecule has 1 heterocycles. The van der Waals surface area contributed by atoms with Gasteiger partial charge in [0.05, 0.1) is 18.9 Å². The summed E-state index contributed by atoms with van der Waals surface area (Å²) in [4.78, 5) is 16.3. The van der Waals surface area contributed by atoms with Crippen molar-refractivity contribution in [3.8, 4) is 11.5 Å². The number of methoxy groups -OCH3 is 1. The minimum absolute atomic E-state index is 0.302. The van der Waals surface area contributed by atoms with Gasteiger partial charge in [-0.2, -0.15) is 5.10 Å². The summed E-state index contributed by atoms with van der Waals surface area (Å²) >= 11 is 4.80. The number of halogens is 1. The first-order chi connectivity index (χ1) is 13.1. The number of rotatable bonds is 6. The van der Waals surface area contributed by atoms with Crippen LogP contribution in [0.3, 0.4) is 0 Å². The second kappa shape index (κ2) is 8.65. The molecule has 0 aliphatic heterocycles. The Labute approximate surface area is 168 Å². The average Bonchev–Trinajstić information content (AvgIpc) is 3.09. The lowest BCUT2D eigenvalue weighted by atomic mass is 10.2. The molecule has 3 N–H and O–H groups in total. The van der Waals surface area contributed by atoms with E-state index in [9.17, 15) is 4.79 Å². The monoisotopic (exact) mass is 446 g/mol. The Bertz CT molecular complexity index is 976. The summed E-state index contributed by atoms with van der Waals surface area (Å²) in [5.74, 6) is 0.675. The van der Waals surface area contributed by atoms with Gasteiger partial charge in [0, 0.05) is 15.4 Å². The normalized spacial score (nSPS) is 10.7. The quantitative estimate of drug-likeness (QED) is 0.255. The van der Waals surface area contributed by atoms with Gasteiger partial charge in [0.25, 0.3) is 0 Å². The van der Waals surface area contributed by atoms with Crippen LogP contribution in [0, 0.1) is 0 Å². The number of thiazole rings is 1. The van der Waals surface area contributed by atoms with Gasteiger partial charge in [0.15, 0.2) is 11.5 Å². The fourth-order valence-corrected chi connectivity index (χ4v) is 3.09. The van der Waals surface area contributed by atoms with Crippen molar-refractivity contribution in [3.05, 3.63) is 63.4 Å². The molecule has 0 atom stereocenters. The van der Waals surface area contributed by atoms with Crippen molar-refractivity contribution >= 4 is 50.4 Å². The minimum atomic E-state index is -0.467. The highest BCUT2D eigenvalue weighted by atomic mass is 79.9. The van der Waals surface area contributed by atoms with Gasteiger partial charge in [-0.15, -0.1) is 11.3 Å². The van der Waals surface area contributed by atoms with Gasteiger partial charge in [-0.1, -0.05) is 18.2 Å². The van der Waals surface area contributed by atoms with E-state index in [0.717, 1.165) is 5.56 Å². The smallest absolute Gasteiger partial charge is 0.343 e.